The molecule has 33 heavy (non-hydrogen) atoms. The Balaban J connectivity index is 1.45. The molecule has 0 spiro atoms. The van der Waals surface area contributed by atoms with Crippen molar-refractivity contribution in [3.8, 4) is 22.8 Å². The van der Waals surface area contributed by atoms with E-state index >= 15 is 0 Å². The van der Waals surface area contributed by atoms with Crippen LogP contribution in [0.1, 0.15) is 5.56 Å². The normalized spacial score (nSPS) is 11.1. The number of halogens is 1. The Kier molecular flexibility index (Phi) is 5.23. The van der Waals surface area contributed by atoms with Crippen molar-refractivity contribution in [2.75, 3.05) is 5.32 Å². The lowest BCUT2D eigenvalue weighted by Crippen LogP contribution is -2.28. The Morgan fingerprint density at radius 3 is 2.73 bits per heavy atom. The van der Waals surface area contributed by atoms with E-state index in [0.717, 1.165) is 15.8 Å². The van der Waals surface area contributed by atoms with Gasteiger partial charge in [-0.25, -0.2) is 13.9 Å². The van der Waals surface area contributed by atoms with Crippen LogP contribution < -0.4 is 11.0 Å². The molecule has 0 saturated heterocycles. The molecular formula is C23H17ClN6O3. The Bertz CT molecular complexity index is 1530. The summed E-state index contributed by atoms with van der Waals surface area (Å²) in [5, 5.41) is 11.6. The van der Waals surface area contributed by atoms with Gasteiger partial charge in [-0.2, -0.15) is 4.98 Å². The predicted octanol–water partition coefficient (Wildman–Crippen LogP) is 3.81. The number of pyridine rings is 1. The summed E-state index contributed by atoms with van der Waals surface area (Å²) in [6.45, 7) is 1.72. The number of carbonyl (C=O) groups is 1. The van der Waals surface area contributed by atoms with Crippen molar-refractivity contribution in [1.82, 2.24) is 24.3 Å². The molecule has 3 heterocycles. The number of carbonyl (C=O) groups excluding carboxylic acids is 1. The smallest absolute Gasteiger partial charge is 0.333 e. The zero-order valence-electron chi connectivity index (χ0n) is 17.4. The average Bonchev–Trinajstić information content (AvgIpc) is 3.40. The first-order chi connectivity index (χ1) is 16.0. The van der Waals surface area contributed by atoms with Crippen LogP contribution in [-0.2, 0) is 11.3 Å². The molecule has 2 aromatic carbocycles. The quantitative estimate of drug-likeness (QED) is 0.427. The highest BCUT2D eigenvalue weighted by atomic mass is 35.5. The lowest BCUT2D eigenvalue weighted by atomic mass is 10.1. The van der Waals surface area contributed by atoms with E-state index < -0.39 is 11.6 Å². The highest BCUT2D eigenvalue weighted by molar-refractivity contribution is 6.30. The Morgan fingerprint density at radius 2 is 1.94 bits per heavy atom. The molecule has 0 bridgehead atoms. The van der Waals surface area contributed by atoms with Crippen molar-refractivity contribution < 1.29 is 9.32 Å². The third-order valence-corrected chi connectivity index (χ3v) is 5.21. The maximum atomic E-state index is 12.8. The van der Waals surface area contributed by atoms with E-state index in [9.17, 15) is 9.59 Å². The van der Waals surface area contributed by atoms with E-state index in [1.807, 2.05) is 31.2 Å². The minimum atomic E-state index is -0.466. The van der Waals surface area contributed by atoms with Gasteiger partial charge in [0.2, 0.25) is 11.7 Å². The van der Waals surface area contributed by atoms with Crippen LogP contribution in [0, 0.1) is 6.92 Å². The summed E-state index contributed by atoms with van der Waals surface area (Å²) in [5.74, 6) is 0.232. The van der Waals surface area contributed by atoms with E-state index in [1.54, 1.807) is 42.6 Å². The van der Waals surface area contributed by atoms with E-state index in [2.05, 4.69) is 20.6 Å². The molecule has 5 rings (SSSR count). The van der Waals surface area contributed by atoms with Crippen LogP contribution >= 0.6 is 11.6 Å². The second kappa shape index (κ2) is 8.36. The maximum absolute atomic E-state index is 12.8. The van der Waals surface area contributed by atoms with Gasteiger partial charge in [-0.05, 0) is 37.3 Å². The SMILES string of the molecule is Cc1ccc(-c2noc(-c3cccn4c(=O)n(CC(=O)Nc5cccc(Cl)c5)nc34)n2)cc1. The molecule has 1 N–H and O–H groups in total. The van der Waals surface area contributed by atoms with Gasteiger partial charge in [0.05, 0.1) is 5.56 Å². The maximum Gasteiger partial charge on any atom is 0.350 e. The largest absolute Gasteiger partial charge is 0.350 e. The van der Waals surface area contributed by atoms with Gasteiger partial charge in [-0.1, -0.05) is 52.7 Å². The van der Waals surface area contributed by atoms with Gasteiger partial charge in [0.1, 0.15) is 6.54 Å². The van der Waals surface area contributed by atoms with Gasteiger partial charge in [0.15, 0.2) is 5.65 Å². The minimum Gasteiger partial charge on any atom is -0.333 e. The molecule has 0 aliphatic heterocycles. The summed E-state index contributed by atoms with van der Waals surface area (Å²) in [6.07, 6.45) is 1.57. The van der Waals surface area contributed by atoms with Gasteiger partial charge < -0.3 is 9.84 Å². The first kappa shape index (κ1) is 20.7. The highest BCUT2D eigenvalue weighted by Crippen LogP contribution is 2.24. The molecule has 0 aliphatic carbocycles. The summed E-state index contributed by atoms with van der Waals surface area (Å²) in [6, 6.07) is 17.9. The number of hydrogen-bond donors (Lipinski definition) is 1. The molecule has 10 heteroatoms. The lowest BCUT2D eigenvalue weighted by molar-refractivity contribution is -0.117. The first-order valence-corrected chi connectivity index (χ1v) is 10.4. The van der Waals surface area contributed by atoms with Crippen molar-refractivity contribution in [3.63, 3.8) is 0 Å². The number of rotatable bonds is 5. The van der Waals surface area contributed by atoms with Gasteiger partial charge in [-0.15, -0.1) is 5.10 Å². The average molecular weight is 461 g/mol. The van der Waals surface area contributed by atoms with E-state index in [1.165, 1.54) is 4.40 Å². The summed E-state index contributed by atoms with van der Waals surface area (Å²) in [7, 11) is 0. The van der Waals surface area contributed by atoms with E-state index in [0.29, 0.717) is 27.7 Å². The van der Waals surface area contributed by atoms with E-state index in [-0.39, 0.29) is 12.4 Å². The predicted molar refractivity (Wildman–Crippen MR) is 123 cm³/mol. The Labute approximate surface area is 192 Å². The molecule has 5 aromatic rings. The second-order valence-corrected chi connectivity index (χ2v) is 7.84. The Morgan fingerprint density at radius 1 is 1.12 bits per heavy atom. The molecule has 1 amide bonds. The summed E-state index contributed by atoms with van der Waals surface area (Å²) in [4.78, 5) is 29.7. The molecular weight excluding hydrogens is 444 g/mol. The molecule has 0 aliphatic rings. The topological polar surface area (TPSA) is 107 Å². The number of nitrogens with one attached hydrogen (secondary N) is 1. The molecule has 164 valence electrons. The molecule has 3 aromatic heterocycles. The monoisotopic (exact) mass is 460 g/mol. The van der Waals surface area contributed by atoms with Gasteiger partial charge in [0, 0.05) is 22.5 Å². The van der Waals surface area contributed by atoms with Gasteiger partial charge >= 0.3 is 5.69 Å². The van der Waals surface area contributed by atoms with Crippen molar-refractivity contribution in [2.24, 2.45) is 0 Å². The van der Waals surface area contributed by atoms with Crippen molar-refractivity contribution in [1.29, 1.82) is 0 Å². The van der Waals surface area contributed by atoms with Crippen molar-refractivity contribution in [3.05, 3.63) is 87.9 Å². The van der Waals surface area contributed by atoms with Crippen LogP contribution in [-0.4, -0.2) is 30.2 Å². The van der Waals surface area contributed by atoms with Gasteiger partial charge in [0.25, 0.3) is 5.89 Å². The molecule has 0 unspecified atom stereocenters. The summed E-state index contributed by atoms with van der Waals surface area (Å²) >= 11 is 5.95. The number of benzene rings is 2. The summed E-state index contributed by atoms with van der Waals surface area (Å²) in [5.41, 5.74) is 2.78. The second-order valence-electron chi connectivity index (χ2n) is 7.40. The van der Waals surface area contributed by atoms with Crippen molar-refractivity contribution in [2.45, 2.75) is 13.5 Å². The number of anilines is 1. The first-order valence-electron chi connectivity index (χ1n) is 10.0. The Hall–Kier alpha value is -4.24. The molecule has 0 fully saturated rings. The fraction of sp³-hybridized carbons (Fsp3) is 0.0870. The summed E-state index contributed by atoms with van der Waals surface area (Å²) < 4.78 is 7.86. The standard InChI is InChI=1S/C23H17ClN6O3/c1-14-7-9-15(10-8-14)20-26-22(33-28-20)18-6-3-11-29-21(18)27-30(23(29)32)13-19(31)25-17-5-2-4-16(24)12-17/h2-12H,13H2,1H3,(H,25,31). The molecule has 0 atom stereocenters. The van der Waals surface area contributed by atoms with Crippen LogP contribution in [0.2, 0.25) is 5.02 Å². The van der Waals surface area contributed by atoms with E-state index in [4.69, 9.17) is 16.1 Å². The third-order valence-electron chi connectivity index (χ3n) is 4.98. The molecule has 0 saturated carbocycles. The molecule has 0 radical (unpaired) electrons. The zero-order chi connectivity index (χ0) is 22.9. The van der Waals surface area contributed by atoms with Crippen LogP contribution in [0.3, 0.4) is 0 Å². The van der Waals surface area contributed by atoms with Crippen LogP contribution in [0.4, 0.5) is 5.69 Å². The third kappa shape index (κ3) is 4.13. The number of aromatic nitrogens is 5. The highest BCUT2D eigenvalue weighted by Gasteiger charge is 2.18. The van der Waals surface area contributed by atoms with Crippen LogP contribution in [0.15, 0.2) is 76.2 Å². The van der Waals surface area contributed by atoms with Crippen LogP contribution in [0.25, 0.3) is 28.5 Å². The van der Waals surface area contributed by atoms with Crippen LogP contribution in [0.5, 0.6) is 0 Å². The van der Waals surface area contributed by atoms with Gasteiger partial charge in [-0.3, -0.25) is 4.79 Å². The van der Waals surface area contributed by atoms with Crippen molar-refractivity contribution >= 4 is 28.8 Å². The number of amides is 1. The lowest BCUT2D eigenvalue weighted by Gasteiger charge is -2.04. The number of nitrogens with zero attached hydrogens (tertiary/aromatic N) is 5. The fourth-order valence-corrected chi connectivity index (χ4v) is 3.55. The number of aryl methyl sites for hydroxylation is 1. The minimum absolute atomic E-state index is 0.219. The number of hydrogen-bond acceptors (Lipinski definition) is 6. The molecule has 9 nitrogen and oxygen atoms in total. The number of fused-ring (bicyclic) bond motifs is 1. The zero-order valence-corrected chi connectivity index (χ0v) is 18.2. The fourth-order valence-electron chi connectivity index (χ4n) is 3.36.